The molecule has 2 aromatic rings. The highest BCUT2D eigenvalue weighted by molar-refractivity contribution is 5.77. The molecular weight excluding hydrogens is 334 g/mol. The second-order valence-corrected chi connectivity index (χ2v) is 6.65. The maximum atomic E-state index is 12.7. The second kappa shape index (κ2) is 8.31. The Bertz CT molecular complexity index is 746. The van der Waals surface area contributed by atoms with Gasteiger partial charge >= 0.3 is 0 Å². The van der Waals surface area contributed by atoms with Gasteiger partial charge in [-0.1, -0.05) is 17.3 Å². The molecule has 0 N–H and O–H groups in total. The van der Waals surface area contributed by atoms with Crippen molar-refractivity contribution < 1.29 is 18.8 Å². The van der Waals surface area contributed by atoms with Gasteiger partial charge < -0.3 is 18.9 Å². The van der Waals surface area contributed by atoms with Gasteiger partial charge in [0.05, 0.1) is 19.6 Å². The zero-order chi connectivity index (χ0) is 18.5. The lowest BCUT2D eigenvalue weighted by molar-refractivity contribution is -0.130. The van der Waals surface area contributed by atoms with Crippen LogP contribution >= 0.6 is 0 Å². The van der Waals surface area contributed by atoms with E-state index in [0.29, 0.717) is 44.3 Å². The Morgan fingerprint density at radius 2 is 2.19 bits per heavy atom. The number of aryl methyl sites for hydroxylation is 2. The minimum absolute atomic E-state index is 0.0249. The van der Waals surface area contributed by atoms with E-state index in [-0.39, 0.29) is 17.7 Å². The highest BCUT2D eigenvalue weighted by Crippen LogP contribution is 2.32. The van der Waals surface area contributed by atoms with E-state index < -0.39 is 0 Å². The first-order chi connectivity index (χ1) is 12.6. The van der Waals surface area contributed by atoms with E-state index in [2.05, 4.69) is 10.1 Å². The Hall–Kier alpha value is -2.41. The zero-order valence-electron chi connectivity index (χ0n) is 15.5. The summed E-state index contributed by atoms with van der Waals surface area (Å²) in [4.78, 5) is 18.9. The number of likely N-dealkylation sites (tertiary alicyclic amines) is 1. The zero-order valence-corrected chi connectivity index (χ0v) is 15.5. The lowest BCUT2D eigenvalue weighted by Gasteiger charge is -2.16. The molecule has 7 heteroatoms. The van der Waals surface area contributed by atoms with Crippen LogP contribution in [0.3, 0.4) is 0 Å². The molecule has 7 nitrogen and oxygen atoms in total. The molecule has 140 valence electrons. The van der Waals surface area contributed by atoms with Crippen LogP contribution in [-0.4, -0.2) is 54.9 Å². The van der Waals surface area contributed by atoms with Gasteiger partial charge in [-0.15, -0.1) is 0 Å². The molecule has 0 bridgehead atoms. The normalized spacial score (nSPS) is 19.7. The summed E-state index contributed by atoms with van der Waals surface area (Å²) < 4.78 is 15.9. The van der Waals surface area contributed by atoms with E-state index in [1.54, 1.807) is 21.1 Å². The minimum atomic E-state index is 0.0249. The number of hydrogen-bond donors (Lipinski definition) is 0. The molecule has 3 rings (SSSR count). The molecule has 0 spiro atoms. The van der Waals surface area contributed by atoms with Crippen LogP contribution in [-0.2, 0) is 16.0 Å². The Kier molecular flexibility index (Phi) is 5.88. The Morgan fingerprint density at radius 3 is 2.88 bits per heavy atom. The van der Waals surface area contributed by atoms with E-state index in [9.17, 15) is 4.79 Å². The van der Waals surface area contributed by atoms with Crippen molar-refractivity contribution in [1.29, 1.82) is 0 Å². The first-order valence-electron chi connectivity index (χ1n) is 8.80. The molecule has 0 unspecified atom stereocenters. The van der Waals surface area contributed by atoms with Crippen LogP contribution in [0.15, 0.2) is 28.8 Å². The first-order valence-corrected chi connectivity index (χ1v) is 8.80. The quantitative estimate of drug-likeness (QED) is 0.754. The highest BCUT2D eigenvalue weighted by Gasteiger charge is 2.39. The molecule has 0 aliphatic carbocycles. The van der Waals surface area contributed by atoms with Crippen molar-refractivity contribution in [1.82, 2.24) is 15.0 Å². The van der Waals surface area contributed by atoms with Gasteiger partial charge in [-0.25, -0.2) is 0 Å². The smallest absolute Gasteiger partial charge is 0.231 e. The van der Waals surface area contributed by atoms with Crippen molar-refractivity contribution in [2.45, 2.75) is 25.7 Å². The Balaban J connectivity index is 1.62. The maximum Gasteiger partial charge on any atom is 0.231 e. The van der Waals surface area contributed by atoms with Gasteiger partial charge in [-0.3, -0.25) is 4.79 Å². The van der Waals surface area contributed by atoms with Gasteiger partial charge in [-0.05, 0) is 31.0 Å². The van der Waals surface area contributed by atoms with Crippen molar-refractivity contribution in [2.24, 2.45) is 5.92 Å². The molecule has 0 radical (unpaired) electrons. The third-order valence-electron chi connectivity index (χ3n) is 4.80. The van der Waals surface area contributed by atoms with Crippen molar-refractivity contribution in [2.75, 3.05) is 33.9 Å². The Labute approximate surface area is 153 Å². The first kappa shape index (κ1) is 18.4. The van der Waals surface area contributed by atoms with Gasteiger partial charge in [0.25, 0.3) is 0 Å². The number of carbonyl (C=O) groups excluding carboxylic acids is 1. The fourth-order valence-corrected chi connectivity index (χ4v) is 3.44. The molecule has 1 aliphatic heterocycles. The van der Waals surface area contributed by atoms with Crippen LogP contribution in [0.25, 0.3) is 0 Å². The molecule has 1 amide bonds. The summed E-state index contributed by atoms with van der Waals surface area (Å²) in [6.45, 7) is 3.60. The van der Waals surface area contributed by atoms with Gasteiger partial charge in [0.2, 0.25) is 11.8 Å². The van der Waals surface area contributed by atoms with Gasteiger partial charge in [0, 0.05) is 32.5 Å². The number of nitrogens with zero attached hydrogens (tertiary/aromatic N) is 3. The summed E-state index contributed by atoms with van der Waals surface area (Å²) in [7, 11) is 3.31. The van der Waals surface area contributed by atoms with Crippen LogP contribution in [0.1, 0.15) is 29.6 Å². The number of rotatable bonds is 7. The van der Waals surface area contributed by atoms with E-state index in [0.717, 1.165) is 11.3 Å². The standard InChI is InChI=1S/C19H25N3O4/c1-13-20-19(26-21-13)17-11-22(10-15(17)12-24-2)18(23)8-7-14-5-4-6-16(9-14)25-3/h4-6,9,15,17H,7-8,10-12H2,1-3H3/t15-,17+/m0/s1. The number of ether oxygens (including phenoxy) is 2. The number of aromatic nitrogens is 2. The Morgan fingerprint density at radius 1 is 1.35 bits per heavy atom. The summed E-state index contributed by atoms with van der Waals surface area (Å²) in [5.41, 5.74) is 1.09. The molecule has 1 saturated heterocycles. The van der Waals surface area contributed by atoms with E-state index in [4.69, 9.17) is 14.0 Å². The van der Waals surface area contributed by atoms with Crippen LogP contribution in [0, 0.1) is 12.8 Å². The lowest BCUT2D eigenvalue weighted by atomic mass is 9.97. The monoisotopic (exact) mass is 359 g/mol. The third kappa shape index (κ3) is 4.22. The number of methoxy groups -OCH3 is 2. The molecule has 0 saturated carbocycles. The topological polar surface area (TPSA) is 77.7 Å². The summed E-state index contributed by atoms with van der Waals surface area (Å²) in [6.07, 6.45) is 1.15. The van der Waals surface area contributed by atoms with Crippen LogP contribution in [0.4, 0.5) is 0 Å². The molecule has 2 atom stereocenters. The largest absolute Gasteiger partial charge is 0.497 e. The lowest BCUT2D eigenvalue weighted by Crippen LogP contribution is -2.29. The molecule has 1 aromatic carbocycles. The highest BCUT2D eigenvalue weighted by atomic mass is 16.5. The van der Waals surface area contributed by atoms with E-state index in [1.807, 2.05) is 29.2 Å². The van der Waals surface area contributed by atoms with Crippen molar-refractivity contribution >= 4 is 5.91 Å². The predicted molar refractivity (Wildman–Crippen MR) is 95.0 cm³/mol. The molecule has 26 heavy (non-hydrogen) atoms. The summed E-state index contributed by atoms with van der Waals surface area (Å²) in [5.74, 6) is 2.33. The van der Waals surface area contributed by atoms with E-state index >= 15 is 0 Å². The average molecular weight is 359 g/mol. The molecule has 2 heterocycles. The molecule has 1 aromatic heterocycles. The molecule has 1 fully saturated rings. The fraction of sp³-hybridized carbons (Fsp3) is 0.526. The second-order valence-electron chi connectivity index (χ2n) is 6.65. The third-order valence-corrected chi connectivity index (χ3v) is 4.80. The van der Waals surface area contributed by atoms with Crippen molar-refractivity contribution in [3.05, 3.63) is 41.5 Å². The van der Waals surface area contributed by atoms with Crippen LogP contribution < -0.4 is 4.74 Å². The van der Waals surface area contributed by atoms with Crippen LogP contribution in [0.2, 0.25) is 0 Å². The summed E-state index contributed by atoms with van der Waals surface area (Å²) in [6, 6.07) is 7.82. The maximum absolute atomic E-state index is 12.7. The molecule has 1 aliphatic rings. The van der Waals surface area contributed by atoms with E-state index in [1.165, 1.54) is 0 Å². The molecular formula is C19H25N3O4. The number of hydrogen-bond acceptors (Lipinski definition) is 6. The number of benzene rings is 1. The summed E-state index contributed by atoms with van der Waals surface area (Å²) >= 11 is 0. The number of carbonyl (C=O) groups is 1. The summed E-state index contributed by atoms with van der Waals surface area (Å²) in [5, 5.41) is 3.88. The van der Waals surface area contributed by atoms with Gasteiger partial charge in [0.1, 0.15) is 5.75 Å². The minimum Gasteiger partial charge on any atom is -0.497 e. The number of amides is 1. The fourth-order valence-electron chi connectivity index (χ4n) is 3.44. The van der Waals surface area contributed by atoms with Crippen LogP contribution in [0.5, 0.6) is 5.75 Å². The van der Waals surface area contributed by atoms with Crippen molar-refractivity contribution in [3.8, 4) is 5.75 Å². The van der Waals surface area contributed by atoms with Gasteiger partial charge in [-0.2, -0.15) is 4.98 Å². The average Bonchev–Trinajstić information content (AvgIpc) is 3.26. The predicted octanol–water partition coefficient (Wildman–Crippen LogP) is 2.21. The van der Waals surface area contributed by atoms with Gasteiger partial charge in [0.15, 0.2) is 5.82 Å². The SMILES string of the molecule is COC[C@@H]1CN(C(=O)CCc2cccc(OC)c2)C[C@H]1c1nc(C)no1. The van der Waals surface area contributed by atoms with Crippen molar-refractivity contribution in [3.63, 3.8) is 0 Å².